The van der Waals surface area contributed by atoms with E-state index in [1.807, 2.05) is 18.2 Å². The van der Waals surface area contributed by atoms with Crippen LogP contribution in [0.25, 0.3) is 22.0 Å². The summed E-state index contributed by atoms with van der Waals surface area (Å²) in [6.07, 6.45) is 7.36. The smallest absolute Gasteiger partial charge is 0.272 e. The van der Waals surface area contributed by atoms with Gasteiger partial charge in [0.25, 0.3) is 5.91 Å². The quantitative estimate of drug-likeness (QED) is 0.416. The van der Waals surface area contributed by atoms with Gasteiger partial charge < -0.3 is 10.2 Å². The predicted molar refractivity (Wildman–Crippen MR) is 129 cm³/mol. The van der Waals surface area contributed by atoms with Gasteiger partial charge in [-0.15, -0.1) is 0 Å². The van der Waals surface area contributed by atoms with Crippen molar-refractivity contribution in [3.05, 3.63) is 84.2 Å². The molecule has 0 atom stereocenters. The maximum Gasteiger partial charge on any atom is 0.272 e. The number of fused-ring (bicyclic) bond motifs is 1. The lowest BCUT2D eigenvalue weighted by molar-refractivity contribution is 0.0722. The number of carbonyl (C=O) groups is 1. The second-order valence-corrected chi connectivity index (χ2v) is 9.06. The lowest BCUT2D eigenvalue weighted by atomic mass is 10.0. The summed E-state index contributed by atoms with van der Waals surface area (Å²) in [6, 6.07) is 17.0. The molecule has 2 heterocycles. The van der Waals surface area contributed by atoms with Crippen LogP contribution in [-0.2, 0) is 6.54 Å². The van der Waals surface area contributed by atoms with Crippen LogP contribution < -0.4 is 5.32 Å². The van der Waals surface area contributed by atoms with E-state index in [4.69, 9.17) is 0 Å². The molecule has 34 heavy (non-hydrogen) atoms. The monoisotopic (exact) mass is 453 g/mol. The number of amides is 1. The average Bonchev–Trinajstić information content (AvgIpc) is 3.79. The van der Waals surface area contributed by atoms with Crippen molar-refractivity contribution in [2.75, 3.05) is 5.32 Å². The van der Waals surface area contributed by atoms with E-state index in [2.05, 4.69) is 26.3 Å². The molecule has 2 saturated carbocycles. The Kier molecular flexibility index (Phi) is 5.17. The van der Waals surface area contributed by atoms with Crippen LogP contribution in [0.15, 0.2) is 67.1 Å². The molecule has 1 amide bonds. The number of anilines is 1. The highest BCUT2D eigenvalue weighted by Gasteiger charge is 2.34. The van der Waals surface area contributed by atoms with Crippen molar-refractivity contribution in [3.63, 3.8) is 0 Å². The van der Waals surface area contributed by atoms with Crippen LogP contribution in [0.1, 0.15) is 41.7 Å². The first-order chi connectivity index (χ1) is 16.7. The maximum absolute atomic E-state index is 14.9. The van der Waals surface area contributed by atoms with E-state index in [0.29, 0.717) is 17.3 Å². The maximum atomic E-state index is 14.9. The van der Waals surface area contributed by atoms with E-state index in [-0.39, 0.29) is 24.3 Å². The number of nitrogens with zero attached hydrogens (tertiary/aromatic N) is 4. The van der Waals surface area contributed by atoms with Crippen LogP contribution in [0, 0.1) is 5.82 Å². The van der Waals surface area contributed by atoms with Crippen molar-refractivity contribution in [2.45, 2.75) is 44.3 Å². The van der Waals surface area contributed by atoms with Crippen molar-refractivity contribution in [2.24, 2.45) is 0 Å². The summed E-state index contributed by atoms with van der Waals surface area (Å²) in [5, 5.41) is 4.42. The van der Waals surface area contributed by atoms with E-state index in [0.717, 1.165) is 53.5 Å². The van der Waals surface area contributed by atoms with Gasteiger partial charge in [0, 0.05) is 35.8 Å². The normalized spacial score (nSPS) is 15.3. The van der Waals surface area contributed by atoms with Crippen LogP contribution in [0.4, 0.5) is 10.2 Å². The molecule has 0 bridgehead atoms. The molecule has 170 valence electrons. The van der Waals surface area contributed by atoms with E-state index in [1.54, 1.807) is 41.7 Å². The molecule has 1 N–H and O–H groups in total. The summed E-state index contributed by atoms with van der Waals surface area (Å²) in [5.74, 6) is 0.354. The number of benzene rings is 2. The number of aromatic nitrogens is 3. The number of rotatable bonds is 7. The predicted octanol–water partition coefficient (Wildman–Crippen LogP) is 5.21. The molecule has 2 fully saturated rings. The zero-order chi connectivity index (χ0) is 23.1. The Morgan fingerprint density at radius 1 is 0.971 bits per heavy atom. The molecule has 2 aromatic carbocycles. The highest BCUT2D eigenvalue weighted by molar-refractivity contribution is 5.93. The first-order valence-electron chi connectivity index (χ1n) is 11.7. The third-order valence-corrected chi connectivity index (χ3v) is 6.41. The van der Waals surface area contributed by atoms with Gasteiger partial charge in [-0.25, -0.2) is 14.4 Å². The van der Waals surface area contributed by atoms with Gasteiger partial charge in [-0.1, -0.05) is 18.2 Å². The third-order valence-electron chi connectivity index (χ3n) is 6.41. The first kappa shape index (κ1) is 20.7. The molecule has 2 aliphatic carbocycles. The summed E-state index contributed by atoms with van der Waals surface area (Å²) in [5.41, 5.74) is 3.59. The lowest BCUT2D eigenvalue weighted by Gasteiger charge is -2.23. The molecule has 6 rings (SSSR count). The number of pyridine rings is 1. The fraction of sp³-hybridized carbons (Fsp3) is 0.259. The summed E-state index contributed by atoms with van der Waals surface area (Å²) >= 11 is 0. The van der Waals surface area contributed by atoms with Gasteiger partial charge in [0.2, 0.25) is 0 Å². The van der Waals surface area contributed by atoms with Crippen molar-refractivity contribution in [3.8, 4) is 11.1 Å². The highest BCUT2D eigenvalue weighted by Crippen LogP contribution is 2.33. The summed E-state index contributed by atoms with van der Waals surface area (Å²) in [4.78, 5) is 27.9. The minimum Gasteiger partial charge on any atom is -0.367 e. The van der Waals surface area contributed by atoms with Gasteiger partial charge in [0.05, 0.1) is 5.52 Å². The zero-order valence-electron chi connectivity index (χ0n) is 18.6. The van der Waals surface area contributed by atoms with Crippen molar-refractivity contribution < 1.29 is 9.18 Å². The number of halogens is 1. The van der Waals surface area contributed by atoms with E-state index in [1.165, 1.54) is 6.07 Å². The molecule has 6 nitrogen and oxygen atoms in total. The minimum atomic E-state index is -0.316. The third kappa shape index (κ3) is 4.21. The Morgan fingerprint density at radius 3 is 2.56 bits per heavy atom. The fourth-order valence-corrected chi connectivity index (χ4v) is 4.22. The molecular formula is C27H24FN5O. The van der Waals surface area contributed by atoms with Crippen molar-refractivity contribution in [1.82, 2.24) is 19.9 Å². The molecule has 4 aromatic rings. The number of hydrogen-bond donors (Lipinski definition) is 1. The Labute approximate surface area is 196 Å². The summed E-state index contributed by atoms with van der Waals surface area (Å²) in [7, 11) is 0. The second kappa shape index (κ2) is 8.48. The Morgan fingerprint density at radius 2 is 1.79 bits per heavy atom. The van der Waals surface area contributed by atoms with Crippen LogP contribution in [0.2, 0.25) is 0 Å². The molecule has 0 aliphatic heterocycles. The molecule has 0 saturated heterocycles. The van der Waals surface area contributed by atoms with Gasteiger partial charge in [-0.05, 0) is 73.2 Å². The zero-order valence-corrected chi connectivity index (χ0v) is 18.6. The van der Waals surface area contributed by atoms with Gasteiger partial charge in [0.1, 0.15) is 23.7 Å². The average molecular weight is 454 g/mol. The summed E-state index contributed by atoms with van der Waals surface area (Å²) < 4.78 is 14.9. The van der Waals surface area contributed by atoms with Crippen LogP contribution in [-0.4, -0.2) is 37.8 Å². The molecule has 0 spiro atoms. The summed E-state index contributed by atoms with van der Waals surface area (Å²) in [6.45, 7) is 0.213. The molecule has 7 heteroatoms. The standard InChI is InChI=1S/C27H24FN5O/c28-23-10-4-17(18-5-11-24-22(14-18)26(31-16-30-24)32-20-6-7-20)13-19(23)15-33(21-8-9-21)27(34)25-3-1-2-12-29-25/h1-5,10-14,16,20-21H,6-9,15H2,(H,30,31,32). The molecule has 0 unspecified atom stereocenters. The molecule has 2 aliphatic rings. The van der Waals surface area contributed by atoms with Crippen LogP contribution in [0.5, 0.6) is 0 Å². The Balaban J connectivity index is 1.32. The number of carbonyl (C=O) groups excluding carboxylic acids is 1. The Hall–Kier alpha value is -3.87. The van der Waals surface area contributed by atoms with Crippen LogP contribution in [0.3, 0.4) is 0 Å². The SMILES string of the molecule is O=C(c1ccccn1)N(Cc1cc(-c2ccc3ncnc(NC4CC4)c3c2)ccc1F)C1CC1. The lowest BCUT2D eigenvalue weighted by Crippen LogP contribution is -2.33. The fourth-order valence-electron chi connectivity index (χ4n) is 4.22. The highest BCUT2D eigenvalue weighted by atomic mass is 19.1. The van der Waals surface area contributed by atoms with Gasteiger partial charge >= 0.3 is 0 Å². The largest absolute Gasteiger partial charge is 0.367 e. The second-order valence-electron chi connectivity index (χ2n) is 9.06. The van der Waals surface area contributed by atoms with Crippen molar-refractivity contribution >= 4 is 22.6 Å². The van der Waals surface area contributed by atoms with Gasteiger partial charge in [-0.2, -0.15) is 0 Å². The van der Waals surface area contributed by atoms with Crippen molar-refractivity contribution in [1.29, 1.82) is 0 Å². The van der Waals surface area contributed by atoms with Gasteiger partial charge in [-0.3, -0.25) is 9.78 Å². The first-order valence-corrected chi connectivity index (χ1v) is 11.7. The molecule has 0 radical (unpaired) electrons. The van der Waals surface area contributed by atoms with E-state index >= 15 is 0 Å². The topological polar surface area (TPSA) is 71.0 Å². The van der Waals surface area contributed by atoms with Crippen LogP contribution >= 0.6 is 0 Å². The van der Waals surface area contributed by atoms with Gasteiger partial charge in [0.15, 0.2) is 0 Å². The van der Waals surface area contributed by atoms with E-state index in [9.17, 15) is 9.18 Å². The number of nitrogens with one attached hydrogen (secondary N) is 1. The Bertz CT molecular complexity index is 1370. The molecule has 2 aromatic heterocycles. The minimum absolute atomic E-state index is 0.131. The van der Waals surface area contributed by atoms with E-state index < -0.39 is 0 Å². The molecular weight excluding hydrogens is 429 g/mol. The number of hydrogen-bond acceptors (Lipinski definition) is 5.